The van der Waals surface area contributed by atoms with E-state index in [9.17, 15) is 24.9 Å². The highest BCUT2D eigenvalue weighted by atomic mass is 16.5. The number of Topliss-reactive ketones (excluding diaryl/α,β-unsaturated/α-hetero) is 1. The average molecular weight is 369 g/mol. The molecule has 0 radical (unpaired) electrons. The number of aliphatic hydroxyl groups excluding tert-OH is 2. The van der Waals surface area contributed by atoms with Gasteiger partial charge in [0.05, 0.1) is 25.3 Å². The van der Waals surface area contributed by atoms with Crippen LogP contribution in [0.5, 0.6) is 11.5 Å². The number of hydrogen-bond acceptors (Lipinski definition) is 6. The second-order valence-electron chi connectivity index (χ2n) is 6.04. The van der Waals surface area contributed by atoms with Gasteiger partial charge in [-0.1, -0.05) is 12.1 Å². The molecule has 1 heterocycles. The predicted molar refractivity (Wildman–Crippen MR) is 97.2 cm³/mol. The largest absolute Gasteiger partial charge is 0.508 e. The van der Waals surface area contributed by atoms with Gasteiger partial charge in [-0.05, 0) is 42.0 Å². The molecule has 1 amide bonds. The van der Waals surface area contributed by atoms with E-state index in [1.54, 1.807) is 36.4 Å². The molecule has 0 aromatic heterocycles. The van der Waals surface area contributed by atoms with Crippen molar-refractivity contribution < 1.29 is 29.6 Å². The van der Waals surface area contributed by atoms with Crippen LogP contribution in [0.3, 0.4) is 0 Å². The topological polar surface area (TPSA) is 107 Å². The van der Waals surface area contributed by atoms with Gasteiger partial charge in [-0.3, -0.25) is 9.59 Å². The molecule has 0 unspecified atom stereocenters. The molecule has 27 heavy (non-hydrogen) atoms. The first-order valence-electron chi connectivity index (χ1n) is 8.30. The van der Waals surface area contributed by atoms with Crippen molar-refractivity contribution in [2.75, 3.05) is 20.3 Å². The summed E-state index contributed by atoms with van der Waals surface area (Å²) in [5.74, 6) is -1.44. The van der Waals surface area contributed by atoms with E-state index in [2.05, 4.69) is 0 Å². The van der Waals surface area contributed by atoms with Crippen molar-refractivity contribution >= 4 is 17.4 Å². The molecule has 0 spiro atoms. The maximum Gasteiger partial charge on any atom is 0.295 e. The summed E-state index contributed by atoms with van der Waals surface area (Å²) in [6.07, 6.45) is 0. The fraction of sp³-hybridized carbons (Fsp3) is 0.200. The zero-order chi connectivity index (χ0) is 19.6. The quantitative estimate of drug-likeness (QED) is 0.422. The molecule has 7 heteroatoms. The SMILES string of the molecule is COc1ccc(C(O)=C2C(=O)C(=O)N(CCO)[C@@H]2c2cccc(O)c2)cc1. The third kappa shape index (κ3) is 3.37. The van der Waals surface area contributed by atoms with Crippen LogP contribution in [0.25, 0.3) is 5.76 Å². The Morgan fingerprint density at radius 3 is 2.44 bits per heavy atom. The molecule has 1 atom stereocenters. The first-order chi connectivity index (χ1) is 13.0. The Hall–Kier alpha value is -3.32. The minimum Gasteiger partial charge on any atom is -0.508 e. The van der Waals surface area contributed by atoms with E-state index >= 15 is 0 Å². The van der Waals surface area contributed by atoms with Gasteiger partial charge >= 0.3 is 0 Å². The van der Waals surface area contributed by atoms with E-state index < -0.39 is 17.7 Å². The molecule has 140 valence electrons. The number of carbonyl (C=O) groups excluding carboxylic acids is 2. The van der Waals surface area contributed by atoms with Crippen LogP contribution < -0.4 is 4.74 Å². The van der Waals surface area contributed by atoms with Gasteiger partial charge in [0.15, 0.2) is 0 Å². The number of ketones is 1. The molecule has 2 aromatic carbocycles. The number of methoxy groups -OCH3 is 1. The zero-order valence-electron chi connectivity index (χ0n) is 14.6. The van der Waals surface area contributed by atoms with Crippen molar-refractivity contribution in [2.24, 2.45) is 0 Å². The van der Waals surface area contributed by atoms with Crippen molar-refractivity contribution in [1.29, 1.82) is 0 Å². The molecule has 2 aromatic rings. The lowest BCUT2D eigenvalue weighted by molar-refractivity contribution is -0.140. The van der Waals surface area contributed by atoms with Crippen LogP contribution in [-0.4, -0.2) is 52.2 Å². The van der Waals surface area contributed by atoms with Crippen LogP contribution >= 0.6 is 0 Å². The van der Waals surface area contributed by atoms with E-state index in [-0.39, 0.29) is 30.2 Å². The number of hydrogen-bond donors (Lipinski definition) is 3. The first-order valence-corrected chi connectivity index (χ1v) is 8.30. The van der Waals surface area contributed by atoms with Crippen LogP contribution in [0, 0.1) is 0 Å². The van der Waals surface area contributed by atoms with Gasteiger partial charge in [-0.25, -0.2) is 0 Å². The maximum absolute atomic E-state index is 12.6. The number of carbonyl (C=O) groups is 2. The number of phenols is 1. The van der Waals surface area contributed by atoms with Crippen molar-refractivity contribution in [2.45, 2.75) is 6.04 Å². The smallest absolute Gasteiger partial charge is 0.295 e. The highest BCUT2D eigenvalue weighted by Crippen LogP contribution is 2.40. The number of nitrogens with zero attached hydrogens (tertiary/aromatic N) is 1. The van der Waals surface area contributed by atoms with Gasteiger partial charge < -0.3 is 25.0 Å². The standard InChI is InChI=1S/C20H19NO6/c1-27-15-7-5-12(6-8-15)18(24)16-17(13-3-2-4-14(23)11-13)21(9-10-22)20(26)19(16)25/h2-8,11,17,22-24H,9-10H2,1H3/t17-/m1/s1. The van der Waals surface area contributed by atoms with E-state index in [0.717, 1.165) is 0 Å². The van der Waals surface area contributed by atoms with Gasteiger partial charge in [0, 0.05) is 12.1 Å². The molecule has 0 bridgehead atoms. The highest BCUT2D eigenvalue weighted by Gasteiger charge is 2.45. The van der Waals surface area contributed by atoms with Crippen molar-refractivity contribution in [3.8, 4) is 11.5 Å². The summed E-state index contributed by atoms with van der Waals surface area (Å²) in [4.78, 5) is 26.3. The number of benzene rings is 2. The fourth-order valence-corrected chi connectivity index (χ4v) is 3.16. The minimum atomic E-state index is -0.911. The molecule has 3 rings (SSSR count). The Balaban J connectivity index is 2.16. The number of aromatic hydroxyl groups is 1. The monoisotopic (exact) mass is 369 g/mol. The lowest BCUT2D eigenvalue weighted by atomic mass is 9.95. The van der Waals surface area contributed by atoms with E-state index in [4.69, 9.17) is 4.74 Å². The second kappa shape index (κ2) is 7.51. The third-order valence-corrected chi connectivity index (χ3v) is 4.43. The van der Waals surface area contributed by atoms with Crippen LogP contribution in [0.15, 0.2) is 54.1 Å². The van der Waals surface area contributed by atoms with Crippen molar-refractivity contribution in [3.05, 3.63) is 65.2 Å². The second-order valence-corrected chi connectivity index (χ2v) is 6.04. The predicted octanol–water partition coefficient (Wildman–Crippen LogP) is 1.81. The number of rotatable bonds is 5. The van der Waals surface area contributed by atoms with E-state index in [1.165, 1.54) is 24.1 Å². The van der Waals surface area contributed by atoms with Crippen molar-refractivity contribution in [3.63, 3.8) is 0 Å². The molecule has 1 saturated heterocycles. The van der Waals surface area contributed by atoms with Gasteiger partial charge in [-0.15, -0.1) is 0 Å². The molecular formula is C20H19NO6. The molecule has 1 aliphatic rings. The Labute approximate surface area is 155 Å². The molecule has 0 saturated carbocycles. The average Bonchev–Trinajstić information content (AvgIpc) is 2.93. The number of aliphatic hydroxyl groups is 2. The number of phenolic OH excluding ortho intramolecular Hbond substituents is 1. The summed E-state index contributed by atoms with van der Waals surface area (Å²) < 4.78 is 5.08. The summed E-state index contributed by atoms with van der Waals surface area (Å²) in [6, 6.07) is 11.6. The number of β-amino-alcohol motifs (C(OH)–C–C–N with tert-alkyl or cyclic N) is 1. The number of likely N-dealkylation sites (tertiary alicyclic amines) is 1. The third-order valence-electron chi connectivity index (χ3n) is 4.43. The molecule has 1 fully saturated rings. The van der Waals surface area contributed by atoms with Crippen LogP contribution in [0.1, 0.15) is 17.2 Å². The molecule has 1 aliphatic heterocycles. The zero-order valence-corrected chi connectivity index (χ0v) is 14.6. The van der Waals surface area contributed by atoms with Crippen LogP contribution in [0.2, 0.25) is 0 Å². The summed E-state index contributed by atoms with van der Waals surface area (Å²) >= 11 is 0. The van der Waals surface area contributed by atoms with E-state index in [1.807, 2.05) is 0 Å². The van der Waals surface area contributed by atoms with Gasteiger partial charge in [0.2, 0.25) is 0 Å². The summed E-state index contributed by atoms with van der Waals surface area (Å²) in [6.45, 7) is -0.421. The molecule has 7 nitrogen and oxygen atoms in total. The Morgan fingerprint density at radius 2 is 1.85 bits per heavy atom. The lowest BCUT2D eigenvalue weighted by Crippen LogP contribution is -2.32. The van der Waals surface area contributed by atoms with Gasteiger partial charge in [-0.2, -0.15) is 0 Å². The van der Waals surface area contributed by atoms with E-state index in [0.29, 0.717) is 16.9 Å². The minimum absolute atomic E-state index is 0.0356. The lowest BCUT2D eigenvalue weighted by Gasteiger charge is -2.24. The maximum atomic E-state index is 12.6. The molecular weight excluding hydrogens is 350 g/mol. The first kappa shape index (κ1) is 18.5. The Kier molecular flexibility index (Phi) is 5.14. The Morgan fingerprint density at radius 1 is 1.15 bits per heavy atom. The molecule has 0 aliphatic carbocycles. The van der Waals surface area contributed by atoms with Crippen molar-refractivity contribution in [1.82, 2.24) is 4.90 Å². The van der Waals surface area contributed by atoms with Gasteiger partial charge in [0.25, 0.3) is 11.7 Å². The summed E-state index contributed by atoms with van der Waals surface area (Å²) in [5, 5.41) is 29.9. The summed E-state index contributed by atoms with van der Waals surface area (Å²) in [5.41, 5.74) is 0.713. The molecule has 3 N–H and O–H groups in total. The van der Waals surface area contributed by atoms with Crippen LogP contribution in [0.4, 0.5) is 0 Å². The Bertz CT molecular complexity index is 903. The normalized spacial score (nSPS) is 18.7. The summed E-state index contributed by atoms with van der Waals surface area (Å²) in [7, 11) is 1.51. The van der Waals surface area contributed by atoms with Crippen LogP contribution in [-0.2, 0) is 9.59 Å². The fourth-order valence-electron chi connectivity index (χ4n) is 3.16. The number of amides is 1. The number of ether oxygens (including phenoxy) is 1. The highest BCUT2D eigenvalue weighted by molar-refractivity contribution is 6.46. The van der Waals surface area contributed by atoms with Gasteiger partial charge in [0.1, 0.15) is 17.3 Å².